The van der Waals surface area contributed by atoms with Crippen LogP contribution in [0.2, 0.25) is 0 Å². The van der Waals surface area contributed by atoms with Crippen molar-refractivity contribution in [2.24, 2.45) is 0 Å². The van der Waals surface area contributed by atoms with Gasteiger partial charge in [0, 0.05) is 42.3 Å². The van der Waals surface area contributed by atoms with E-state index in [-0.39, 0.29) is 5.91 Å². The van der Waals surface area contributed by atoms with E-state index in [1.807, 2.05) is 30.5 Å². The minimum atomic E-state index is -0.0345. The maximum atomic E-state index is 12.0. The number of aryl methyl sites for hydroxylation is 1. The molecule has 0 radical (unpaired) electrons. The fraction of sp³-hybridized carbons (Fsp3) is 0.333. The number of hydrogen-bond acceptors (Lipinski definition) is 4. The van der Waals surface area contributed by atoms with E-state index in [2.05, 4.69) is 22.5 Å². The Bertz CT molecular complexity index is 567. The Kier molecular flexibility index (Phi) is 5.12. The molecule has 2 N–H and O–H groups in total. The SMILES string of the molecule is CCNc1ccc(C(=O)NCCc2nccs2)cc1C. The van der Waals surface area contributed by atoms with Crippen LogP contribution in [0.15, 0.2) is 29.8 Å². The monoisotopic (exact) mass is 289 g/mol. The lowest BCUT2D eigenvalue weighted by atomic mass is 10.1. The minimum Gasteiger partial charge on any atom is -0.385 e. The van der Waals surface area contributed by atoms with Crippen molar-refractivity contribution in [3.05, 3.63) is 45.9 Å². The number of benzene rings is 1. The first-order valence-corrected chi connectivity index (χ1v) is 7.59. The molecule has 2 rings (SSSR count). The fourth-order valence-corrected chi connectivity index (χ4v) is 2.58. The van der Waals surface area contributed by atoms with Gasteiger partial charge in [-0.15, -0.1) is 11.3 Å². The van der Waals surface area contributed by atoms with Gasteiger partial charge in [-0.3, -0.25) is 4.79 Å². The first-order chi connectivity index (χ1) is 9.70. The van der Waals surface area contributed by atoms with Crippen LogP contribution in [-0.2, 0) is 6.42 Å². The summed E-state index contributed by atoms with van der Waals surface area (Å²) >= 11 is 1.61. The summed E-state index contributed by atoms with van der Waals surface area (Å²) in [5.74, 6) is -0.0345. The summed E-state index contributed by atoms with van der Waals surface area (Å²) in [4.78, 5) is 16.2. The molecule has 0 aliphatic heterocycles. The molecule has 0 bridgehead atoms. The largest absolute Gasteiger partial charge is 0.385 e. The zero-order chi connectivity index (χ0) is 14.4. The van der Waals surface area contributed by atoms with Gasteiger partial charge in [0.25, 0.3) is 5.91 Å². The second-order valence-corrected chi connectivity index (χ2v) is 5.47. The molecule has 1 amide bonds. The Morgan fingerprint density at radius 3 is 2.90 bits per heavy atom. The molecular formula is C15H19N3OS. The van der Waals surface area contributed by atoms with E-state index < -0.39 is 0 Å². The zero-order valence-corrected chi connectivity index (χ0v) is 12.6. The summed E-state index contributed by atoms with van der Waals surface area (Å²) < 4.78 is 0. The Balaban J connectivity index is 1.90. The maximum absolute atomic E-state index is 12.0. The van der Waals surface area contributed by atoms with Gasteiger partial charge in [0.2, 0.25) is 0 Å². The molecule has 0 unspecified atom stereocenters. The number of amides is 1. The van der Waals surface area contributed by atoms with Gasteiger partial charge in [-0.05, 0) is 37.6 Å². The lowest BCUT2D eigenvalue weighted by molar-refractivity contribution is 0.0954. The molecular weight excluding hydrogens is 270 g/mol. The molecule has 0 aliphatic carbocycles. The van der Waals surface area contributed by atoms with Gasteiger partial charge in [0.05, 0.1) is 5.01 Å². The number of anilines is 1. The zero-order valence-electron chi connectivity index (χ0n) is 11.8. The molecule has 4 nitrogen and oxygen atoms in total. The standard InChI is InChI=1S/C15H19N3OS/c1-3-16-13-5-4-12(10-11(13)2)15(19)18-7-6-14-17-8-9-20-14/h4-5,8-10,16H,3,6-7H2,1-2H3,(H,18,19). The molecule has 1 aromatic carbocycles. The van der Waals surface area contributed by atoms with E-state index in [1.54, 1.807) is 17.5 Å². The quantitative estimate of drug-likeness (QED) is 0.860. The topological polar surface area (TPSA) is 54.0 Å². The van der Waals surface area contributed by atoms with Crippen molar-refractivity contribution < 1.29 is 4.79 Å². The number of carbonyl (C=O) groups is 1. The first-order valence-electron chi connectivity index (χ1n) is 6.71. The summed E-state index contributed by atoms with van der Waals surface area (Å²) in [6, 6.07) is 5.72. The molecule has 1 heterocycles. The Morgan fingerprint density at radius 2 is 2.25 bits per heavy atom. The van der Waals surface area contributed by atoms with Crippen molar-refractivity contribution >= 4 is 22.9 Å². The molecule has 0 fully saturated rings. The van der Waals surface area contributed by atoms with Crippen molar-refractivity contribution in [3.63, 3.8) is 0 Å². The number of nitrogens with zero attached hydrogens (tertiary/aromatic N) is 1. The van der Waals surface area contributed by atoms with Gasteiger partial charge in [-0.1, -0.05) is 0 Å². The average molecular weight is 289 g/mol. The number of carbonyl (C=O) groups excluding carboxylic acids is 1. The molecule has 20 heavy (non-hydrogen) atoms. The van der Waals surface area contributed by atoms with Crippen LogP contribution in [-0.4, -0.2) is 24.0 Å². The number of rotatable bonds is 6. The van der Waals surface area contributed by atoms with Crippen molar-refractivity contribution in [1.29, 1.82) is 0 Å². The number of aromatic nitrogens is 1. The van der Waals surface area contributed by atoms with Crippen LogP contribution in [0, 0.1) is 6.92 Å². The first kappa shape index (κ1) is 14.5. The summed E-state index contributed by atoms with van der Waals surface area (Å²) in [6.07, 6.45) is 2.56. The summed E-state index contributed by atoms with van der Waals surface area (Å²) in [5, 5.41) is 9.18. The van der Waals surface area contributed by atoms with Gasteiger partial charge in [0.1, 0.15) is 0 Å². The van der Waals surface area contributed by atoms with E-state index in [9.17, 15) is 4.79 Å². The normalized spacial score (nSPS) is 10.3. The molecule has 0 spiro atoms. The van der Waals surface area contributed by atoms with Crippen LogP contribution in [0.25, 0.3) is 0 Å². The van der Waals surface area contributed by atoms with Crippen LogP contribution in [0.3, 0.4) is 0 Å². The summed E-state index contributed by atoms with van der Waals surface area (Å²) in [6.45, 7) is 5.55. The van der Waals surface area contributed by atoms with Crippen molar-refractivity contribution in [1.82, 2.24) is 10.3 Å². The third kappa shape index (κ3) is 3.81. The van der Waals surface area contributed by atoms with Gasteiger partial charge in [0.15, 0.2) is 0 Å². The van der Waals surface area contributed by atoms with Gasteiger partial charge in [-0.2, -0.15) is 0 Å². The van der Waals surface area contributed by atoms with Crippen LogP contribution < -0.4 is 10.6 Å². The van der Waals surface area contributed by atoms with E-state index in [1.165, 1.54) is 0 Å². The Morgan fingerprint density at radius 1 is 1.40 bits per heavy atom. The van der Waals surface area contributed by atoms with Crippen LogP contribution in [0.5, 0.6) is 0 Å². The van der Waals surface area contributed by atoms with E-state index >= 15 is 0 Å². The predicted molar refractivity (Wildman–Crippen MR) is 83.5 cm³/mol. The number of thiazole rings is 1. The molecule has 0 aliphatic rings. The van der Waals surface area contributed by atoms with Crippen LogP contribution in [0.1, 0.15) is 27.9 Å². The van der Waals surface area contributed by atoms with E-state index in [0.717, 1.165) is 29.2 Å². The summed E-state index contributed by atoms with van der Waals surface area (Å²) in [7, 11) is 0. The van der Waals surface area contributed by atoms with E-state index in [4.69, 9.17) is 0 Å². The Labute approximate surface area is 123 Å². The molecule has 106 valence electrons. The highest BCUT2D eigenvalue weighted by Gasteiger charge is 2.07. The van der Waals surface area contributed by atoms with Gasteiger partial charge in [-0.25, -0.2) is 4.98 Å². The van der Waals surface area contributed by atoms with E-state index in [0.29, 0.717) is 12.1 Å². The number of hydrogen-bond donors (Lipinski definition) is 2. The molecule has 1 aromatic heterocycles. The highest BCUT2D eigenvalue weighted by Crippen LogP contribution is 2.16. The maximum Gasteiger partial charge on any atom is 0.251 e. The minimum absolute atomic E-state index is 0.0345. The van der Waals surface area contributed by atoms with Crippen molar-refractivity contribution in [2.45, 2.75) is 20.3 Å². The Hall–Kier alpha value is -1.88. The average Bonchev–Trinajstić information content (AvgIpc) is 2.94. The molecule has 0 saturated heterocycles. The molecule has 0 atom stereocenters. The van der Waals surface area contributed by atoms with Crippen molar-refractivity contribution in [3.8, 4) is 0 Å². The second kappa shape index (κ2) is 7.05. The van der Waals surface area contributed by atoms with Crippen LogP contribution >= 0.6 is 11.3 Å². The van der Waals surface area contributed by atoms with Gasteiger partial charge >= 0.3 is 0 Å². The third-order valence-electron chi connectivity index (χ3n) is 2.96. The lowest BCUT2D eigenvalue weighted by Crippen LogP contribution is -2.25. The summed E-state index contributed by atoms with van der Waals surface area (Å²) in [5.41, 5.74) is 2.86. The lowest BCUT2D eigenvalue weighted by Gasteiger charge is -2.09. The second-order valence-electron chi connectivity index (χ2n) is 4.49. The highest BCUT2D eigenvalue weighted by molar-refractivity contribution is 7.09. The number of nitrogens with one attached hydrogen (secondary N) is 2. The third-order valence-corrected chi connectivity index (χ3v) is 3.80. The fourth-order valence-electron chi connectivity index (χ4n) is 1.96. The van der Waals surface area contributed by atoms with Gasteiger partial charge < -0.3 is 10.6 Å². The molecule has 2 aromatic rings. The molecule has 0 saturated carbocycles. The van der Waals surface area contributed by atoms with Crippen LogP contribution in [0.4, 0.5) is 5.69 Å². The predicted octanol–water partition coefficient (Wildman–Crippen LogP) is 2.86. The van der Waals surface area contributed by atoms with Crippen molar-refractivity contribution in [2.75, 3.05) is 18.4 Å². The highest BCUT2D eigenvalue weighted by atomic mass is 32.1. The smallest absolute Gasteiger partial charge is 0.251 e. The molecule has 5 heteroatoms.